The molecule has 1 saturated carbocycles. The Morgan fingerprint density at radius 3 is 2.70 bits per heavy atom. The molecular weight excluding hydrogens is 252 g/mol. The molecule has 2 amide bonds. The molecule has 3 rings (SSSR count). The fraction of sp³-hybridized carbons (Fsp3) is 0.562. The van der Waals surface area contributed by atoms with Crippen molar-refractivity contribution in [1.29, 1.82) is 0 Å². The van der Waals surface area contributed by atoms with E-state index in [0.29, 0.717) is 18.5 Å². The van der Waals surface area contributed by atoms with Crippen LogP contribution in [0.15, 0.2) is 30.3 Å². The highest BCUT2D eigenvalue weighted by Crippen LogP contribution is 2.29. The molecular formula is C16H22N2O2. The number of rotatable bonds is 5. The van der Waals surface area contributed by atoms with Crippen molar-refractivity contribution >= 4 is 6.03 Å². The highest BCUT2D eigenvalue weighted by atomic mass is 16.5. The minimum Gasteiger partial charge on any atom is -0.381 e. The third-order valence-electron chi connectivity index (χ3n) is 4.01. The Morgan fingerprint density at radius 1 is 1.25 bits per heavy atom. The van der Waals surface area contributed by atoms with Gasteiger partial charge in [0.25, 0.3) is 0 Å². The molecule has 2 aliphatic rings. The number of urea groups is 1. The molecule has 0 bridgehead atoms. The third-order valence-corrected chi connectivity index (χ3v) is 4.01. The van der Waals surface area contributed by atoms with Crippen molar-refractivity contribution in [2.24, 2.45) is 5.92 Å². The van der Waals surface area contributed by atoms with Gasteiger partial charge in [-0.1, -0.05) is 30.3 Å². The zero-order chi connectivity index (χ0) is 13.8. The van der Waals surface area contributed by atoms with E-state index in [-0.39, 0.29) is 6.03 Å². The SMILES string of the molecule is O=C(NCc1ccccc1)N(CC1CCOC1)C1CC1. The first-order valence-corrected chi connectivity index (χ1v) is 7.49. The van der Waals surface area contributed by atoms with Crippen molar-refractivity contribution < 1.29 is 9.53 Å². The van der Waals surface area contributed by atoms with Gasteiger partial charge in [-0.3, -0.25) is 0 Å². The molecule has 1 N–H and O–H groups in total. The Balaban J connectivity index is 1.52. The molecule has 1 heterocycles. The van der Waals surface area contributed by atoms with Crippen LogP contribution in [-0.4, -0.2) is 36.7 Å². The van der Waals surface area contributed by atoms with E-state index in [1.807, 2.05) is 35.2 Å². The number of ether oxygens (including phenoxy) is 1. The number of hydrogen-bond donors (Lipinski definition) is 1. The lowest BCUT2D eigenvalue weighted by atomic mass is 10.1. The van der Waals surface area contributed by atoms with E-state index >= 15 is 0 Å². The predicted octanol–water partition coefficient (Wildman–Crippen LogP) is 2.40. The summed E-state index contributed by atoms with van der Waals surface area (Å²) in [5, 5.41) is 3.04. The quantitative estimate of drug-likeness (QED) is 0.896. The van der Waals surface area contributed by atoms with Gasteiger partial charge in [0, 0.05) is 31.7 Å². The third kappa shape index (κ3) is 3.51. The van der Waals surface area contributed by atoms with Crippen LogP contribution in [0.2, 0.25) is 0 Å². The van der Waals surface area contributed by atoms with Gasteiger partial charge in [-0.25, -0.2) is 4.79 Å². The van der Waals surface area contributed by atoms with Gasteiger partial charge in [-0.05, 0) is 24.8 Å². The molecule has 1 saturated heterocycles. The lowest BCUT2D eigenvalue weighted by molar-refractivity contribution is 0.162. The van der Waals surface area contributed by atoms with E-state index in [0.717, 1.165) is 44.6 Å². The molecule has 1 aromatic carbocycles. The summed E-state index contributed by atoms with van der Waals surface area (Å²) in [4.78, 5) is 14.4. The van der Waals surface area contributed by atoms with Crippen molar-refractivity contribution in [1.82, 2.24) is 10.2 Å². The maximum absolute atomic E-state index is 12.4. The van der Waals surface area contributed by atoms with Crippen LogP contribution < -0.4 is 5.32 Å². The number of benzene rings is 1. The van der Waals surface area contributed by atoms with Gasteiger partial charge in [0.15, 0.2) is 0 Å². The van der Waals surface area contributed by atoms with Crippen LogP contribution in [0.1, 0.15) is 24.8 Å². The Morgan fingerprint density at radius 2 is 2.05 bits per heavy atom. The molecule has 0 radical (unpaired) electrons. The monoisotopic (exact) mass is 274 g/mol. The van der Waals surface area contributed by atoms with Crippen molar-refractivity contribution in [2.75, 3.05) is 19.8 Å². The van der Waals surface area contributed by atoms with E-state index in [1.165, 1.54) is 0 Å². The lowest BCUT2D eigenvalue weighted by Gasteiger charge is -2.25. The molecule has 2 fully saturated rings. The van der Waals surface area contributed by atoms with Gasteiger partial charge in [-0.15, -0.1) is 0 Å². The van der Waals surface area contributed by atoms with Crippen molar-refractivity contribution in [3.63, 3.8) is 0 Å². The molecule has 1 aliphatic heterocycles. The summed E-state index contributed by atoms with van der Waals surface area (Å²) in [6.07, 6.45) is 3.37. The summed E-state index contributed by atoms with van der Waals surface area (Å²) in [6.45, 7) is 3.08. The summed E-state index contributed by atoms with van der Waals surface area (Å²) in [7, 11) is 0. The average molecular weight is 274 g/mol. The van der Waals surface area contributed by atoms with Crippen LogP contribution in [0.5, 0.6) is 0 Å². The maximum Gasteiger partial charge on any atom is 0.317 e. The fourth-order valence-corrected chi connectivity index (χ4v) is 2.66. The van der Waals surface area contributed by atoms with Crippen LogP contribution in [0, 0.1) is 5.92 Å². The van der Waals surface area contributed by atoms with Gasteiger partial charge in [0.05, 0.1) is 6.61 Å². The van der Waals surface area contributed by atoms with Crippen molar-refractivity contribution in [3.8, 4) is 0 Å². The first kappa shape index (κ1) is 13.4. The molecule has 4 nitrogen and oxygen atoms in total. The number of carbonyl (C=O) groups is 1. The first-order chi connectivity index (χ1) is 9.83. The minimum absolute atomic E-state index is 0.0725. The maximum atomic E-state index is 12.4. The van der Waals surface area contributed by atoms with E-state index in [2.05, 4.69) is 5.32 Å². The van der Waals surface area contributed by atoms with Crippen molar-refractivity contribution in [2.45, 2.75) is 31.8 Å². The normalized spacial score (nSPS) is 21.7. The molecule has 1 unspecified atom stereocenters. The first-order valence-electron chi connectivity index (χ1n) is 7.49. The van der Waals surface area contributed by atoms with E-state index in [4.69, 9.17) is 4.74 Å². The number of nitrogens with one attached hydrogen (secondary N) is 1. The standard InChI is InChI=1S/C16H22N2O2/c19-16(17-10-13-4-2-1-3-5-13)18(15-6-7-15)11-14-8-9-20-12-14/h1-5,14-15H,6-12H2,(H,17,19). The molecule has 0 spiro atoms. The Hall–Kier alpha value is -1.55. The molecule has 1 aliphatic carbocycles. The summed E-state index contributed by atoms with van der Waals surface area (Å²) in [5.74, 6) is 0.512. The Bertz CT molecular complexity index is 439. The van der Waals surface area contributed by atoms with Gasteiger partial charge in [-0.2, -0.15) is 0 Å². The average Bonchev–Trinajstić information content (AvgIpc) is 3.20. The van der Waals surface area contributed by atoms with Crippen molar-refractivity contribution in [3.05, 3.63) is 35.9 Å². The summed E-state index contributed by atoms with van der Waals surface area (Å²) in [6, 6.07) is 10.6. The smallest absolute Gasteiger partial charge is 0.317 e. The van der Waals surface area contributed by atoms with Crippen LogP contribution >= 0.6 is 0 Å². The molecule has 1 atom stereocenters. The van der Waals surface area contributed by atoms with Crippen LogP contribution in [-0.2, 0) is 11.3 Å². The van der Waals surface area contributed by atoms with Crippen LogP contribution in [0.25, 0.3) is 0 Å². The van der Waals surface area contributed by atoms with Crippen LogP contribution in [0.3, 0.4) is 0 Å². The van der Waals surface area contributed by atoms with Crippen LogP contribution in [0.4, 0.5) is 4.79 Å². The second-order valence-corrected chi connectivity index (χ2v) is 5.76. The van der Waals surface area contributed by atoms with E-state index in [9.17, 15) is 4.79 Å². The molecule has 20 heavy (non-hydrogen) atoms. The lowest BCUT2D eigenvalue weighted by Crippen LogP contribution is -2.43. The summed E-state index contributed by atoms with van der Waals surface area (Å²) in [5.41, 5.74) is 1.14. The second kappa shape index (κ2) is 6.27. The fourth-order valence-electron chi connectivity index (χ4n) is 2.66. The van der Waals surface area contributed by atoms with Gasteiger partial charge in [0.2, 0.25) is 0 Å². The Kier molecular flexibility index (Phi) is 4.21. The number of carbonyl (C=O) groups excluding carboxylic acids is 1. The molecule has 108 valence electrons. The number of amides is 2. The highest BCUT2D eigenvalue weighted by molar-refractivity contribution is 5.75. The van der Waals surface area contributed by atoms with E-state index < -0.39 is 0 Å². The highest BCUT2D eigenvalue weighted by Gasteiger charge is 2.34. The largest absolute Gasteiger partial charge is 0.381 e. The summed E-state index contributed by atoms with van der Waals surface area (Å²) < 4.78 is 5.41. The van der Waals surface area contributed by atoms with Gasteiger partial charge < -0.3 is 15.0 Å². The zero-order valence-corrected chi connectivity index (χ0v) is 11.8. The van der Waals surface area contributed by atoms with Gasteiger partial charge in [0.1, 0.15) is 0 Å². The molecule has 4 heteroatoms. The van der Waals surface area contributed by atoms with Gasteiger partial charge >= 0.3 is 6.03 Å². The number of nitrogens with zero attached hydrogens (tertiary/aromatic N) is 1. The second-order valence-electron chi connectivity index (χ2n) is 5.76. The zero-order valence-electron chi connectivity index (χ0n) is 11.8. The molecule has 0 aromatic heterocycles. The predicted molar refractivity (Wildman–Crippen MR) is 77.3 cm³/mol. The van der Waals surface area contributed by atoms with E-state index in [1.54, 1.807) is 0 Å². The topological polar surface area (TPSA) is 41.6 Å². The molecule has 1 aromatic rings. The minimum atomic E-state index is 0.0725. The number of hydrogen-bond acceptors (Lipinski definition) is 2. The Labute approximate surface area is 120 Å². The summed E-state index contributed by atoms with van der Waals surface area (Å²) >= 11 is 0.